The fourth-order valence-corrected chi connectivity index (χ4v) is 2.79. The fraction of sp³-hybridized carbons (Fsp3) is 0.417. The van der Waals surface area contributed by atoms with E-state index in [0.717, 1.165) is 17.6 Å². The number of aromatic nitrogens is 2. The van der Waals surface area contributed by atoms with Crippen molar-refractivity contribution in [1.82, 2.24) is 15.3 Å². The van der Waals surface area contributed by atoms with E-state index in [1.54, 1.807) is 13.8 Å². The van der Waals surface area contributed by atoms with Crippen molar-refractivity contribution in [3.63, 3.8) is 0 Å². The molecule has 0 bridgehead atoms. The Morgan fingerprint density at radius 3 is 2.57 bits per heavy atom. The summed E-state index contributed by atoms with van der Waals surface area (Å²) in [5.74, 6) is -0.422. The molecule has 2 aromatic rings. The van der Waals surface area contributed by atoms with Gasteiger partial charge in [-0.1, -0.05) is 0 Å². The van der Waals surface area contributed by atoms with Gasteiger partial charge < -0.3 is 11.1 Å². The van der Waals surface area contributed by atoms with Crippen molar-refractivity contribution in [3.05, 3.63) is 17.3 Å². The van der Waals surface area contributed by atoms with Crippen molar-refractivity contribution >= 4 is 43.1 Å². The number of amides is 1. The molecule has 0 aliphatic carbocycles. The van der Waals surface area contributed by atoms with Gasteiger partial charge in [-0.05, 0) is 13.8 Å². The molecule has 114 valence electrons. The first-order chi connectivity index (χ1) is 9.63. The molecule has 0 aliphatic heterocycles. The molecule has 9 heteroatoms. The van der Waals surface area contributed by atoms with E-state index in [2.05, 4.69) is 15.3 Å². The van der Waals surface area contributed by atoms with Crippen molar-refractivity contribution in [2.24, 2.45) is 0 Å². The van der Waals surface area contributed by atoms with Crippen molar-refractivity contribution in [1.29, 1.82) is 0 Å². The lowest BCUT2D eigenvalue weighted by Crippen LogP contribution is -2.43. The predicted octanol–water partition coefficient (Wildman–Crippen LogP) is 0.827. The molecule has 0 aromatic carbocycles. The van der Waals surface area contributed by atoms with E-state index in [0.29, 0.717) is 15.2 Å². The number of thiophene rings is 1. The van der Waals surface area contributed by atoms with Crippen molar-refractivity contribution in [3.8, 4) is 0 Å². The van der Waals surface area contributed by atoms with Gasteiger partial charge in [0, 0.05) is 25.2 Å². The first kappa shape index (κ1) is 15.6. The molecule has 0 radical (unpaired) electrons. The minimum absolute atomic E-state index is 0.000785. The molecule has 0 saturated heterocycles. The maximum atomic E-state index is 12.2. The van der Waals surface area contributed by atoms with Crippen molar-refractivity contribution in [2.75, 3.05) is 18.5 Å². The summed E-state index contributed by atoms with van der Waals surface area (Å²) >= 11 is 1.13. The number of nitrogen functional groups attached to an aromatic ring is 1. The Bertz CT molecular complexity index is 796. The summed E-state index contributed by atoms with van der Waals surface area (Å²) in [6.07, 6.45) is 4.16. The topological polar surface area (TPSA) is 115 Å². The minimum atomic E-state index is -3.28. The summed E-state index contributed by atoms with van der Waals surface area (Å²) in [6, 6.07) is 0. The van der Waals surface area contributed by atoms with Gasteiger partial charge in [-0.25, -0.2) is 18.4 Å². The molecule has 0 saturated carbocycles. The third kappa shape index (κ3) is 2.98. The number of hydrogen-bond donors (Lipinski definition) is 2. The molecule has 3 N–H and O–H groups in total. The van der Waals surface area contributed by atoms with E-state index >= 15 is 0 Å². The van der Waals surface area contributed by atoms with Crippen LogP contribution in [0.2, 0.25) is 0 Å². The third-order valence-corrected chi connectivity index (χ3v) is 6.50. The first-order valence-electron chi connectivity index (χ1n) is 6.10. The molecule has 0 aliphatic rings. The predicted molar refractivity (Wildman–Crippen MR) is 83.1 cm³/mol. The van der Waals surface area contributed by atoms with Crippen LogP contribution in [0.15, 0.2) is 12.4 Å². The molecule has 0 unspecified atom stereocenters. The SMILES string of the molecule is CC(C)(CNC(=O)c1sc2nccnc2c1N)S(C)(=O)=O. The maximum absolute atomic E-state index is 12.2. The summed E-state index contributed by atoms with van der Waals surface area (Å²) < 4.78 is 22.2. The lowest BCUT2D eigenvalue weighted by molar-refractivity contribution is 0.0955. The Kier molecular flexibility index (Phi) is 3.89. The van der Waals surface area contributed by atoms with E-state index in [9.17, 15) is 13.2 Å². The molecular formula is C12H16N4O3S2. The van der Waals surface area contributed by atoms with Gasteiger partial charge >= 0.3 is 0 Å². The second-order valence-corrected chi connectivity index (χ2v) is 8.92. The molecule has 21 heavy (non-hydrogen) atoms. The molecule has 1 amide bonds. The van der Waals surface area contributed by atoms with Gasteiger partial charge in [0.25, 0.3) is 5.91 Å². The number of nitrogens with zero attached hydrogens (tertiary/aromatic N) is 2. The highest BCUT2D eigenvalue weighted by Crippen LogP contribution is 2.30. The Balaban J connectivity index is 2.22. The number of hydrogen-bond acceptors (Lipinski definition) is 7. The number of carbonyl (C=O) groups excluding carboxylic acids is 1. The number of sulfone groups is 1. The zero-order valence-corrected chi connectivity index (χ0v) is 13.5. The standard InChI is InChI=1S/C12H16N4O3S2/c1-12(2,21(3,18)19)6-16-10(17)9-7(13)8-11(20-9)15-5-4-14-8/h4-5H,6,13H2,1-3H3,(H,16,17). The van der Waals surface area contributed by atoms with Crippen LogP contribution in [0.3, 0.4) is 0 Å². The number of rotatable bonds is 4. The summed E-state index contributed by atoms with van der Waals surface area (Å²) in [4.78, 5) is 21.2. The normalized spacial score (nSPS) is 12.5. The van der Waals surface area contributed by atoms with Gasteiger partial charge in [-0.2, -0.15) is 0 Å². The maximum Gasteiger partial charge on any atom is 0.263 e. The van der Waals surface area contributed by atoms with Gasteiger partial charge in [0.05, 0.1) is 10.4 Å². The van der Waals surface area contributed by atoms with Crippen molar-refractivity contribution in [2.45, 2.75) is 18.6 Å². The van der Waals surface area contributed by atoms with Gasteiger partial charge in [-0.3, -0.25) is 4.79 Å². The second-order valence-electron chi connectivity index (χ2n) is 5.27. The highest BCUT2D eigenvalue weighted by atomic mass is 32.2. The summed E-state index contributed by atoms with van der Waals surface area (Å²) in [5, 5.41) is 2.60. The second kappa shape index (κ2) is 5.23. The Hall–Kier alpha value is -1.74. The highest BCUT2D eigenvalue weighted by molar-refractivity contribution is 7.92. The molecule has 0 atom stereocenters. The van der Waals surface area contributed by atoms with Crippen LogP contribution in [-0.2, 0) is 9.84 Å². The monoisotopic (exact) mass is 328 g/mol. The number of carbonyl (C=O) groups is 1. The van der Waals surface area contributed by atoms with Crippen LogP contribution < -0.4 is 11.1 Å². The Morgan fingerprint density at radius 1 is 1.38 bits per heavy atom. The van der Waals surface area contributed by atoms with Crippen LogP contribution in [0, 0.1) is 0 Å². The van der Waals surface area contributed by atoms with Gasteiger partial charge in [-0.15, -0.1) is 11.3 Å². The molecule has 0 spiro atoms. The van der Waals surface area contributed by atoms with E-state index in [-0.39, 0.29) is 12.2 Å². The average Bonchev–Trinajstić information content (AvgIpc) is 2.73. The average molecular weight is 328 g/mol. The third-order valence-electron chi connectivity index (χ3n) is 3.25. The Morgan fingerprint density at radius 2 is 2.00 bits per heavy atom. The number of nitrogens with two attached hydrogens (primary N) is 1. The number of anilines is 1. The van der Waals surface area contributed by atoms with Crippen LogP contribution in [0.5, 0.6) is 0 Å². The summed E-state index contributed by atoms with van der Waals surface area (Å²) in [7, 11) is -3.28. The van der Waals surface area contributed by atoms with Crippen LogP contribution >= 0.6 is 11.3 Å². The zero-order chi connectivity index (χ0) is 15.8. The van der Waals surface area contributed by atoms with E-state index in [4.69, 9.17) is 5.73 Å². The van der Waals surface area contributed by atoms with Crippen LogP contribution in [0.25, 0.3) is 10.3 Å². The summed E-state index contributed by atoms with van der Waals surface area (Å²) in [6.45, 7) is 3.11. The lowest BCUT2D eigenvalue weighted by Gasteiger charge is -2.22. The fourth-order valence-electron chi connectivity index (χ4n) is 1.52. The Labute approximate surface area is 126 Å². The molecule has 2 rings (SSSR count). The van der Waals surface area contributed by atoms with E-state index in [1.807, 2.05) is 0 Å². The smallest absolute Gasteiger partial charge is 0.263 e. The van der Waals surface area contributed by atoms with Crippen LogP contribution in [0.4, 0.5) is 5.69 Å². The quantitative estimate of drug-likeness (QED) is 0.859. The van der Waals surface area contributed by atoms with Crippen molar-refractivity contribution < 1.29 is 13.2 Å². The summed E-state index contributed by atoms with van der Waals surface area (Å²) in [5.41, 5.74) is 6.64. The molecular weight excluding hydrogens is 312 g/mol. The first-order valence-corrected chi connectivity index (χ1v) is 8.81. The molecule has 2 aromatic heterocycles. The van der Waals surface area contributed by atoms with Gasteiger partial charge in [0.15, 0.2) is 9.84 Å². The highest BCUT2D eigenvalue weighted by Gasteiger charge is 2.31. The molecule has 0 fully saturated rings. The van der Waals surface area contributed by atoms with E-state index < -0.39 is 20.5 Å². The lowest BCUT2D eigenvalue weighted by atomic mass is 10.2. The molecule has 2 heterocycles. The molecule has 7 nitrogen and oxygen atoms in total. The minimum Gasteiger partial charge on any atom is -0.396 e. The van der Waals surface area contributed by atoms with Gasteiger partial charge in [0.1, 0.15) is 15.2 Å². The van der Waals surface area contributed by atoms with Crippen LogP contribution in [-0.4, -0.2) is 41.8 Å². The zero-order valence-electron chi connectivity index (χ0n) is 11.9. The van der Waals surface area contributed by atoms with Crippen LogP contribution in [0.1, 0.15) is 23.5 Å². The largest absolute Gasteiger partial charge is 0.396 e. The van der Waals surface area contributed by atoms with Gasteiger partial charge in [0.2, 0.25) is 0 Å². The van der Waals surface area contributed by atoms with E-state index in [1.165, 1.54) is 12.4 Å². The number of fused-ring (bicyclic) bond motifs is 1. The number of nitrogens with one attached hydrogen (secondary N) is 1.